The molecule has 0 fully saturated rings. The smallest absolute Gasteiger partial charge is 0.191 e. The van der Waals surface area contributed by atoms with Crippen molar-refractivity contribution in [2.75, 3.05) is 13.1 Å². The van der Waals surface area contributed by atoms with Crippen LogP contribution >= 0.6 is 0 Å². The summed E-state index contributed by atoms with van der Waals surface area (Å²) in [5.74, 6) is 1.83. The van der Waals surface area contributed by atoms with Crippen molar-refractivity contribution in [2.45, 2.75) is 45.7 Å². The number of rotatable bonds is 9. The van der Waals surface area contributed by atoms with E-state index in [1.807, 2.05) is 23.0 Å². The maximum Gasteiger partial charge on any atom is 0.191 e. The van der Waals surface area contributed by atoms with Crippen LogP contribution in [0.1, 0.15) is 32.4 Å². The van der Waals surface area contributed by atoms with E-state index in [-0.39, 0.29) is 0 Å². The summed E-state index contributed by atoms with van der Waals surface area (Å²) in [6.07, 6.45) is 8.07. The van der Waals surface area contributed by atoms with E-state index >= 15 is 0 Å². The van der Waals surface area contributed by atoms with Crippen molar-refractivity contribution in [1.29, 1.82) is 0 Å². The van der Waals surface area contributed by atoms with Crippen LogP contribution in [0.5, 0.6) is 0 Å². The number of nitrogens with zero attached hydrogens (tertiary/aromatic N) is 4. The number of aromatic nitrogens is 3. The normalized spacial score (nSPS) is 13.0. The van der Waals surface area contributed by atoms with E-state index in [2.05, 4.69) is 39.8 Å². The first-order valence-corrected chi connectivity index (χ1v) is 8.19. The summed E-state index contributed by atoms with van der Waals surface area (Å²) in [6, 6.07) is 4.28. The maximum absolute atomic E-state index is 5.34. The van der Waals surface area contributed by atoms with Crippen LogP contribution in [0.2, 0.25) is 0 Å². The lowest BCUT2D eigenvalue weighted by atomic mass is 10.3. The fourth-order valence-corrected chi connectivity index (χ4v) is 2.02. The molecule has 1 unspecified atom stereocenters. The lowest BCUT2D eigenvalue weighted by Gasteiger charge is -2.16. The number of guanidine groups is 1. The van der Waals surface area contributed by atoms with E-state index in [0.717, 1.165) is 50.6 Å². The van der Waals surface area contributed by atoms with Crippen LogP contribution < -0.4 is 10.6 Å². The molecule has 126 valence electrons. The molecule has 23 heavy (non-hydrogen) atoms. The fourth-order valence-electron chi connectivity index (χ4n) is 2.02. The van der Waals surface area contributed by atoms with E-state index in [1.165, 1.54) is 0 Å². The molecule has 0 radical (unpaired) electrons. The Balaban J connectivity index is 1.76. The van der Waals surface area contributed by atoms with E-state index in [4.69, 9.17) is 4.42 Å². The number of aryl methyl sites for hydroxylation is 1. The molecule has 0 aliphatic rings. The summed E-state index contributed by atoms with van der Waals surface area (Å²) in [5.41, 5.74) is 0. The Morgan fingerprint density at radius 2 is 2.39 bits per heavy atom. The number of hydrogen-bond acceptors (Lipinski definition) is 4. The van der Waals surface area contributed by atoms with Gasteiger partial charge in [-0.3, -0.25) is 9.67 Å². The van der Waals surface area contributed by atoms with Gasteiger partial charge in [0.25, 0.3) is 0 Å². The van der Waals surface area contributed by atoms with Gasteiger partial charge in [-0.1, -0.05) is 12.1 Å². The van der Waals surface area contributed by atoms with Crippen LogP contribution in [-0.4, -0.2) is 40.1 Å². The lowest BCUT2D eigenvalue weighted by Crippen LogP contribution is -2.42. The third kappa shape index (κ3) is 6.54. The van der Waals surface area contributed by atoms with Gasteiger partial charge < -0.3 is 15.1 Å². The van der Waals surface area contributed by atoms with E-state index in [0.29, 0.717) is 6.04 Å². The van der Waals surface area contributed by atoms with Gasteiger partial charge in [0.05, 0.1) is 12.5 Å². The number of nitrogens with one attached hydrogen (secondary N) is 2. The standard InChI is InChI=1S/C16H26N6O/c1-3-14(2)20-16(18-9-7-15-6-4-13-23-15)17-8-5-11-22-12-10-19-21-22/h4,6,10,12-14H,3,5,7-9,11H2,1-2H3,(H2,17,18,20). The first-order chi connectivity index (χ1) is 11.3. The van der Waals surface area contributed by atoms with Crippen molar-refractivity contribution in [3.05, 3.63) is 36.5 Å². The molecule has 2 rings (SSSR count). The molecule has 2 heterocycles. The highest BCUT2D eigenvalue weighted by Crippen LogP contribution is 1.99. The monoisotopic (exact) mass is 318 g/mol. The van der Waals surface area contributed by atoms with Gasteiger partial charge in [-0.25, -0.2) is 0 Å². The SMILES string of the molecule is CCC(C)NC(=NCCCn1ccnn1)NCCc1ccco1. The molecule has 2 aromatic heterocycles. The molecule has 0 amide bonds. The summed E-state index contributed by atoms with van der Waals surface area (Å²) >= 11 is 0. The third-order valence-corrected chi connectivity index (χ3v) is 3.53. The highest BCUT2D eigenvalue weighted by Gasteiger charge is 2.04. The summed E-state index contributed by atoms with van der Waals surface area (Å²) in [5, 5.41) is 14.5. The van der Waals surface area contributed by atoms with Gasteiger partial charge in [0, 0.05) is 38.3 Å². The summed E-state index contributed by atoms with van der Waals surface area (Å²) in [6.45, 7) is 6.67. The number of furan rings is 1. The molecule has 2 aromatic rings. The zero-order valence-electron chi connectivity index (χ0n) is 13.9. The van der Waals surface area contributed by atoms with Gasteiger partial charge in [-0.05, 0) is 31.9 Å². The molecular formula is C16H26N6O. The number of hydrogen-bond donors (Lipinski definition) is 2. The quantitative estimate of drug-likeness (QED) is 0.419. The topological polar surface area (TPSA) is 80.3 Å². The fraction of sp³-hybridized carbons (Fsp3) is 0.562. The van der Waals surface area contributed by atoms with Crippen LogP contribution in [0.15, 0.2) is 40.2 Å². The highest BCUT2D eigenvalue weighted by atomic mass is 16.3. The average molecular weight is 318 g/mol. The molecule has 0 spiro atoms. The van der Waals surface area contributed by atoms with Crippen LogP contribution in [0.3, 0.4) is 0 Å². The van der Waals surface area contributed by atoms with E-state index in [1.54, 1.807) is 12.5 Å². The molecule has 0 saturated heterocycles. The van der Waals surface area contributed by atoms with Crippen molar-refractivity contribution in [3.8, 4) is 0 Å². The maximum atomic E-state index is 5.34. The number of aliphatic imine (C=N–C) groups is 1. The Morgan fingerprint density at radius 3 is 3.09 bits per heavy atom. The van der Waals surface area contributed by atoms with Gasteiger partial charge in [0.15, 0.2) is 5.96 Å². The Hall–Kier alpha value is -2.31. The minimum absolute atomic E-state index is 0.389. The molecule has 0 saturated carbocycles. The van der Waals surface area contributed by atoms with Crippen molar-refractivity contribution < 1.29 is 4.42 Å². The first kappa shape index (κ1) is 17.1. The third-order valence-electron chi connectivity index (χ3n) is 3.53. The second kappa shape index (κ2) is 9.66. The van der Waals surface area contributed by atoms with E-state index < -0.39 is 0 Å². The average Bonchev–Trinajstić information content (AvgIpc) is 3.24. The second-order valence-electron chi connectivity index (χ2n) is 5.46. The second-order valence-corrected chi connectivity index (χ2v) is 5.46. The van der Waals surface area contributed by atoms with Crippen molar-refractivity contribution in [1.82, 2.24) is 25.6 Å². The summed E-state index contributed by atoms with van der Waals surface area (Å²) in [4.78, 5) is 4.63. The molecule has 7 nitrogen and oxygen atoms in total. The highest BCUT2D eigenvalue weighted by molar-refractivity contribution is 5.80. The van der Waals surface area contributed by atoms with E-state index in [9.17, 15) is 0 Å². The summed E-state index contributed by atoms with van der Waals surface area (Å²) < 4.78 is 7.16. The lowest BCUT2D eigenvalue weighted by molar-refractivity contribution is 0.506. The molecule has 0 bridgehead atoms. The minimum Gasteiger partial charge on any atom is -0.469 e. The molecule has 0 aliphatic carbocycles. The Morgan fingerprint density at radius 1 is 1.48 bits per heavy atom. The molecule has 0 aliphatic heterocycles. The van der Waals surface area contributed by atoms with Crippen LogP contribution in [-0.2, 0) is 13.0 Å². The van der Waals surface area contributed by atoms with Crippen molar-refractivity contribution >= 4 is 5.96 Å². The zero-order valence-corrected chi connectivity index (χ0v) is 13.9. The zero-order chi connectivity index (χ0) is 16.3. The van der Waals surface area contributed by atoms with Crippen LogP contribution in [0.4, 0.5) is 0 Å². The van der Waals surface area contributed by atoms with Gasteiger partial charge in [-0.15, -0.1) is 5.10 Å². The van der Waals surface area contributed by atoms with Crippen LogP contribution in [0.25, 0.3) is 0 Å². The van der Waals surface area contributed by atoms with Crippen LogP contribution in [0, 0.1) is 0 Å². The Kier molecular flexibility index (Phi) is 7.16. The molecule has 1 atom stereocenters. The van der Waals surface area contributed by atoms with Gasteiger partial charge >= 0.3 is 0 Å². The minimum atomic E-state index is 0.389. The molecule has 0 aromatic carbocycles. The van der Waals surface area contributed by atoms with Crippen molar-refractivity contribution in [2.24, 2.45) is 4.99 Å². The molecule has 2 N–H and O–H groups in total. The summed E-state index contributed by atoms with van der Waals surface area (Å²) in [7, 11) is 0. The van der Waals surface area contributed by atoms with Crippen molar-refractivity contribution in [3.63, 3.8) is 0 Å². The predicted octanol–water partition coefficient (Wildman–Crippen LogP) is 1.84. The Bertz CT molecular complexity index is 549. The van der Waals surface area contributed by atoms with Gasteiger partial charge in [0.2, 0.25) is 0 Å². The van der Waals surface area contributed by atoms with Gasteiger partial charge in [-0.2, -0.15) is 0 Å². The molecule has 7 heteroatoms. The molecular weight excluding hydrogens is 292 g/mol. The van der Waals surface area contributed by atoms with Gasteiger partial charge in [0.1, 0.15) is 5.76 Å². The predicted molar refractivity (Wildman–Crippen MR) is 90.2 cm³/mol. The Labute approximate surface area is 137 Å². The largest absolute Gasteiger partial charge is 0.469 e. The first-order valence-electron chi connectivity index (χ1n) is 8.19.